The van der Waals surface area contributed by atoms with Gasteiger partial charge in [-0.2, -0.15) is 5.10 Å². The summed E-state index contributed by atoms with van der Waals surface area (Å²) in [6.45, 7) is 1.90. The Morgan fingerprint density at radius 2 is 2.29 bits per heavy atom. The van der Waals surface area contributed by atoms with Gasteiger partial charge in [0.2, 0.25) is 5.22 Å². The van der Waals surface area contributed by atoms with Crippen molar-refractivity contribution >= 4 is 17.4 Å². The number of hydrogen-bond donors (Lipinski definition) is 1. The van der Waals surface area contributed by atoms with Gasteiger partial charge < -0.3 is 10.2 Å². The minimum atomic E-state index is 0.339. The van der Waals surface area contributed by atoms with Crippen molar-refractivity contribution in [1.29, 1.82) is 0 Å². The van der Waals surface area contributed by atoms with Gasteiger partial charge in [-0.25, -0.2) is 0 Å². The van der Waals surface area contributed by atoms with E-state index in [-0.39, 0.29) is 0 Å². The second-order valence-electron chi connectivity index (χ2n) is 3.09. The van der Waals surface area contributed by atoms with E-state index in [9.17, 15) is 0 Å². The molecule has 5 heteroatoms. The molecular weight excluding hydrogens is 202 g/mol. The number of nitrogens with two attached hydrogens (primary N) is 1. The third-order valence-electron chi connectivity index (χ3n) is 2.21. The highest BCUT2D eigenvalue weighted by Gasteiger charge is 2.15. The lowest BCUT2D eigenvalue weighted by molar-refractivity contribution is 0.570. The molecule has 0 radical (unpaired) electrons. The van der Waals surface area contributed by atoms with E-state index in [1.807, 2.05) is 6.92 Å². The van der Waals surface area contributed by atoms with E-state index in [1.165, 1.54) is 6.26 Å². The molecule has 0 unspecified atom stereocenters. The van der Waals surface area contributed by atoms with Crippen LogP contribution in [0.25, 0.3) is 11.3 Å². The highest BCUT2D eigenvalue weighted by molar-refractivity contribution is 6.31. The van der Waals surface area contributed by atoms with E-state index >= 15 is 0 Å². The number of rotatable bonds is 1. The number of nitrogens with zero attached hydrogens (tertiary/aromatic N) is 2. The van der Waals surface area contributed by atoms with Gasteiger partial charge in [0.1, 0.15) is 11.5 Å². The van der Waals surface area contributed by atoms with Crippen LogP contribution in [-0.2, 0) is 7.05 Å². The van der Waals surface area contributed by atoms with Gasteiger partial charge in [0, 0.05) is 12.6 Å². The maximum absolute atomic E-state index is 5.85. The summed E-state index contributed by atoms with van der Waals surface area (Å²) in [5, 5.41) is 4.60. The minimum Gasteiger partial charge on any atom is -0.452 e. The molecule has 0 aromatic carbocycles. The van der Waals surface area contributed by atoms with Crippen molar-refractivity contribution in [1.82, 2.24) is 9.78 Å². The first-order valence-corrected chi connectivity index (χ1v) is 4.51. The van der Waals surface area contributed by atoms with Crippen LogP contribution >= 0.6 is 11.6 Å². The Hall–Kier alpha value is -1.42. The van der Waals surface area contributed by atoms with E-state index < -0.39 is 0 Å². The summed E-state index contributed by atoms with van der Waals surface area (Å²) < 4.78 is 6.62. The first-order valence-electron chi connectivity index (χ1n) is 4.13. The number of nitrogen functional groups attached to an aromatic ring is 1. The molecule has 0 fully saturated rings. The number of aromatic nitrogens is 2. The van der Waals surface area contributed by atoms with Crippen molar-refractivity contribution < 1.29 is 4.42 Å². The van der Waals surface area contributed by atoms with Crippen molar-refractivity contribution in [2.24, 2.45) is 7.05 Å². The molecule has 2 aromatic heterocycles. The Kier molecular flexibility index (Phi) is 2.00. The molecule has 2 rings (SSSR count). The van der Waals surface area contributed by atoms with Gasteiger partial charge in [-0.15, -0.1) is 0 Å². The van der Waals surface area contributed by atoms with Crippen LogP contribution in [0.2, 0.25) is 5.22 Å². The molecule has 0 aliphatic carbocycles. The first kappa shape index (κ1) is 9.15. The Balaban J connectivity index is 2.63. The van der Waals surface area contributed by atoms with E-state index in [0.717, 1.165) is 16.8 Å². The van der Waals surface area contributed by atoms with Gasteiger partial charge in [0.05, 0.1) is 11.8 Å². The predicted molar refractivity (Wildman–Crippen MR) is 55.1 cm³/mol. The average Bonchev–Trinajstić information content (AvgIpc) is 2.66. The molecule has 0 aliphatic rings. The fraction of sp³-hybridized carbons (Fsp3) is 0.222. The predicted octanol–water partition coefficient (Wildman–Crippen LogP) is 2.22. The normalized spacial score (nSPS) is 10.8. The summed E-state index contributed by atoms with van der Waals surface area (Å²) in [7, 11) is 1.79. The fourth-order valence-electron chi connectivity index (χ4n) is 1.36. The van der Waals surface area contributed by atoms with E-state index in [0.29, 0.717) is 11.0 Å². The van der Waals surface area contributed by atoms with Crippen LogP contribution in [-0.4, -0.2) is 9.78 Å². The summed E-state index contributed by atoms with van der Waals surface area (Å²) in [5.74, 6) is 0.636. The second kappa shape index (κ2) is 3.06. The lowest BCUT2D eigenvalue weighted by Crippen LogP contribution is -1.97. The summed E-state index contributed by atoms with van der Waals surface area (Å²) in [6.07, 6.45) is 1.53. The van der Waals surface area contributed by atoms with Gasteiger partial charge in [-0.1, -0.05) is 0 Å². The molecule has 4 nitrogen and oxygen atoms in total. The third kappa shape index (κ3) is 1.19. The maximum atomic E-state index is 5.85. The molecule has 0 amide bonds. The van der Waals surface area contributed by atoms with E-state index in [2.05, 4.69) is 5.10 Å². The standard InChI is InChI=1S/C9H10ClN3O/c1-5-7(12-13(2)9(5)11)6-3-4-14-8(6)10/h3-4H,11H2,1-2H3. The molecule has 2 N–H and O–H groups in total. The zero-order chi connectivity index (χ0) is 10.3. The molecule has 0 saturated heterocycles. The summed E-state index contributed by atoms with van der Waals surface area (Å²) in [5.41, 5.74) is 8.24. The number of halogens is 1. The van der Waals surface area contributed by atoms with Crippen molar-refractivity contribution in [2.75, 3.05) is 5.73 Å². The Morgan fingerprint density at radius 3 is 2.71 bits per heavy atom. The quantitative estimate of drug-likeness (QED) is 0.787. The van der Waals surface area contributed by atoms with Gasteiger partial charge in [-0.3, -0.25) is 4.68 Å². The molecule has 0 saturated carbocycles. The minimum absolute atomic E-state index is 0.339. The molecular formula is C9H10ClN3O. The number of anilines is 1. The molecule has 2 aromatic rings. The maximum Gasteiger partial charge on any atom is 0.202 e. The summed E-state index contributed by atoms with van der Waals surface area (Å²) >= 11 is 5.85. The Morgan fingerprint density at radius 1 is 1.57 bits per heavy atom. The molecule has 0 atom stereocenters. The van der Waals surface area contributed by atoms with E-state index in [4.69, 9.17) is 21.8 Å². The van der Waals surface area contributed by atoms with Gasteiger partial charge in [0.15, 0.2) is 0 Å². The first-order chi connectivity index (χ1) is 6.61. The van der Waals surface area contributed by atoms with E-state index in [1.54, 1.807) is 17.8 Å². The zero-order valence-electron chi connectivity index (χ0n) is 7.91. The highest BCUT2D eigenvalue weighted by atomic mass is 35.5. The van der Waals surface area contributed by atoms with Crippen LogP contribution in [0.5, 0.6) is 0 Å². The Labute approximate surface area is 86.3 Å². The summed E-state index contributed by atoms with van der Waals surface area (Å²) in [6, 6.07) is 1.77. The lowest BCUT2D eigenvalue weighted by atomic mass is 10.1. The molecule has 14 heavy (non-hydrogen) atoms. The summed E-state index contributed by atoms with van der Waals surface area (Å²) in [4.78, 5) is 0. The molecule has 0 aliphatic heterocycles. The van der Waals surface area contributed by atoms with Crippen molar-refractivity contribution in [3.63, 3.8) is 0 Å². The van der Waals surface area contributed by atoms with Crippen molar-refractivity contribution in [2.45, 2.75) is 6.92 Å². The molecule has 0 spiro atoms. The third-order valence-corrected chi connectivity index (χ3v) is 2.50. The van der Waals surface area contributed by atoms with Crippen LogP contribution in [0.4, 0.5) is 5.82 Å². The lowest BCUT2D eigenvalue weighted by Gasteiger charge is -1.93. The fourth-order valence-corrected chi connectivity index (χ4v) is 1.57. The van der Waals surface area contributed by atoms with Gasteiger partial charge in [-0.05, 0) is 24.6 Å². The van der Waals surface area contributed by atoms with Crippen molar-refractivity contribution in [3.8, 4) is 11.3 Å². The number of hydrogen-bond acceptors (Lipinski definition) is 3. The number of furan rings is 1. The number of aryl methyl sites for hydroxylation is 1. The van der Waals surface area contributed by atoms with Crippen LogP contribution in [0, 0.1) is 6.92 Å². The van der Waals surface area contributed by atoms with Gasteiger partial charge in [0.25, 0.3) is 0 Å². The van der Waals surface area contributed by atoms with Crippen LogP contribution in [0.1, 0.15) is 5.56 Å². The molecule has 74 valence electrons. The monoisotopic (exact) mass is 211 g/mol. The zero-order valence-corrected chi connectivity index (χ0v) is 8.67. The van der Waals surface area contributed by atoms with Crippen molar-refractivity contribution in [3.05, 3.63) is 23.1 Å². The highest BCUT2D eigenvalue weighted by Crippen LogP contribution is 2.31. The molecule has 2 heterocycles. The Bertz CT molecular complexity index is 472. The van der Waals surface area contributed by atoms with Crippen LogP contribution in [0.3, 0.4) is 0 Å². The smallest absolute Gasteiger partial charge is 0.202 e. The largest absolute Gasteiger partial charge is 0.452 e. The molecule has 0 bridgehead atoms. The van der Waals surface area contributed by atoms with Crippen LogP contribution in [0.15, 0.2) is 16.7 Å². The van der Waals surface area contributed by atoms with Crippen LogP contribution < -0.4 is 5.73 Å². The average molecular weight is 212 g/mol. The van der Waals surface area contributed by atoms with Gasteiger partial charge >= 0.3 is 0 Å². The topological polar surface area (TPSA) is 57.0 Å². The second-order valence-corrected chi connectivity index (χ2v) is 3.43. The SMILES string of the molecule is Cc1c(-c2ccoc2Cl)nn(C)c1N.